The number of fused-ring (bicyclic) bond motifs is 1. The van der Waals surface area contributed by atoms with Crippen LogP contribution in [-0.4, -0.2) is 64.9 Å². The highest BCUT2D eigenvalue weighted by molar-refractivity contribution is 6.35. The molecule has 1 atom stereocenters. The second-order valence-electron chi connectivity index (χ2n) is 9.97. The first-order valence-electron chi connectivity index (χ1n) is 13.6. The molecular formula is C32H36Cl4N4O. The van der Waals surface area contributed by atoms with Crippen LogP contribution in [-0.2, 0) is 6.54 Å². The number of aromatic nitrogens is 1. The van der Waals surface area contributed by atoms with Gasteiger partial charge in [-0.2, -0.15) is 0 Å². The first-order valence-corrected chi connectivity index (χ1v) is 14.4. The minimum absolute atomic E-state index is 0. The highest BCUT2D eigenvalue weighted by Crippen LogP contribution is 2.34. The summed E-state index contributed by atoms with van der Waals surface area (Å²) in [5.41, 5.74) is 5.19. The quantitative estimate of drug-likeness (QED) is 0.199. The van der Waals surface area contributed by atoms with E-state index >= 15 is 0 Å². The van der Waals surface area contributed by atoms with Gasteiger partial charge in [-0.15, -0.1) is 24.8 Å². The normalized spacial score (nSPS) is 14.6. The van der Waals surface area contributed by atoms with Crippen molar-refractivity contribution < 1.29 is 4.79 Å². The Morgan fingerprint density at radius 3 is 2.24 bits per heavy atom. The van der Waals surface area contributed by atoms with E-state index in [0.29, 0.717) is 23.1 Å². The van der Waals surface area contributed by atoms with Crippen LogP contribution in [0.3, 0.4) is 0 Å². The third-order valence-corrected chi connectivity index (χ3v) is 8.25. The van der Waals surface area contributed by atoms with Gasteiger partial charge in [-0.05, 0) is 55.3 Å². The molecule has 5 rings (SSSR count). The van der Waals surface area contributed by atoms with E-state index in [4.69, 9.17) is 28.2 Å². The van der Waals surface area contributed by atoms with Gasteiger partial charge in [0.25, 0.3) is 5.91 Å². The number of benzene rings is 3. The molecule has 0 radical (unpaired) electrons. The number of pyridine rings is 1. The van der Waals surface area contributed by atoms with Gasteiger partial charge < -0.3 is 4.90 Å². The lowest BCUT2D eigenvalue weighted by molar-refractivity contribution is 0.0773. The van der Waals surface area contributed by atoms with Crippen LogP contribution in [0.1, 0.15) is 46.9 Å². The van der Waals surface area contributed by atoms with Crippen LogP contribution >= 0.6 is 48.0 Å². The average molecular weight is 634 g/mol. The predicted molar refractivity (Wildman–Crippen MR) is 175 cm³/mol. The zero-order valence-electron chi connectivity index (χ0n) is 23.3. The summed E-state index contributed by atoms with van der Waals surface area (Å²) >= 11 is 12.6. The summed E-state index contributed by atoms with van der Waals surface area (Å²) in [4.78, 5) is 24.6. The van der Waals surface area contributed by atoms with Crippen LogP contribution in [0.15, 0.2) is 79.0 Å². The molecule has 1 fully saturated rings. The van der Waals surface area contributed by atoms with Gasteiger partial charge in [0.2, 0.25) is 0 Å². The second-order valence-corrected chi connectivity index (χ2v) is 10.8. The number of nitrogens with zero attached hydrogens (tertiary/aromatic N) is 4. The standard InChI is InChI=1S/C32H34Cl2N4O.2ClH/c1-3-37(4-2)32(39)25-12-10-24(11-13-25)31(28-9-5-7-23-8-6-16-35-30(23)28)38-19-17-36(18-20-38)22-26-14-15-27(33)21-29(26)34;;/h5-16,21,31H,3-4,17-20,22H2,1-2H3;2*1H. The molecule has 0 saturated carbocycles. The van der Waals surface area contributed by atoms with E-state index in [-0.39, 0.29) is 36.8 Å². The first-order chi connectivity index (χ1) is 19.0. The summed E-state index contributed by atoms with van der Waals surface area (Å²) < 4.78 is 0. The Morgan fingerprint density at radius 2 is 1.59 bits per heavy atom. The summed E-state index contributed by atoms with van der Waals surface area (Å²) in [6.45, 7) is 9.88. The van der Waals surface area contributed by atoms with Crippen molar-refractivity contribution in [3.63, 3.8) is 0 Å². The second kappa shape index (κ2) is 15.2. The van der Waals surface area contributed by atoms with Crippen LogP contribution in [0, 0.1) is 0 Å². The topological polar surface area (TPSA) is 39.7 Å². The smallest absolute Gasteiger partial charge is 0.253 e. The van der Waals surface area contributed by atoms with Crippen molar-refractivity contribution in [2.75, 3.05) is 39.3 Å². The minimum atomic E-state index is 0. The summed E-state index contributed by atoms with van der Waals surface area (Å²) in [6, 6.07) is 24.4. The van der Waals surface area contributed by atoms with Gasteiger partial charge >= 0.3 is 0 Å². The molecule has 0 bridgehead atoms. The van der Waals surface area contributed by atoms with Crippen LogP contribution in [0.5, 0.6) is 0 Å². The fourth-order valence-electron chi connectivity index (χ4n) is 5.51. The maximum absolute atomic E-state index is 12.9. The number of halogens is 4. The van der Waals surface area contributed by atoms with Crippen molar-refractivity contribution in [2.24, 2.45) is 0 Å². The van der Waals surface area contributed by atoms with Gasteiger partial charge in [0.05, 0.1) is 11.6 Å². The monoisotopic (exact) mass is 632 g/mol. The summed E-state index contributed by atoms with van der Waals surface area (Å²) in [5, 5.41) is 2.50. The first kappa shape index (κ1) is 33.1. The van der Waals surface area contributed by atoms with Gasteiger partial charge in [0, 0.05) is 78.6 Å². The molecule has 0 aliphatic carbocycles. The van der Waals surface area contributed by atoms with Crippen LogP contribution < -0.4 is 0 Å². The van der Waals surface area contributed by atoms with E-state index in [9.17, 15) is 4.79 Å². The van der Waals surface area contributed by atoms with Gasteiger partial charge in [-0.3, -0.25) is 19.6 Å². The molecule has 0 spiro atoms. The Labute approximate surface area is 265 Å². The van der Waals surface area contributed by atoms with Gasteiger partial charge in [-0.1, -0.05) is 65.7 Å². The van der Waals surface area contributed by atoms with E-state index in [0.717, 1.165) is 54.8 Å². The molecular weight excluding hydrogens is 598 g/mol. The molecule has 1 amide bonds. The predicted octanol–water partition coefficient (Wildman–Crippen LogP) is 7.77. The molecule has 1 aromatic heterocycles. The molecule has 3 aromatic carbocycles. The SMILES string of the molecule is CCN(CC)C(=O)c1ccc(C(c2cccc3cccnc23)N2CCN(Cc3ccc(Cl)cc3Cl)CC2)cc1.Cl.Cl. The number of carbonyl (C=O) groups is 1. The number of hydrogen-bond donors (Lipinski definition) is 0. The molecule has 9 heteroatoms. The largest absolute Gasteiger partial charge is 0.339 e. The van der Waals surface area contributed by atoms with Crippen molar-refractivity contribution in [3.05, 3.63) is 111 Å². The zero-order valence-corrected chi connectivity index (χ0v) is 26.4. The van der Waals surface area contributed by atoms with E-state index in [2.05, 4.69) is 46.2 Å². The van der Waals surface area contributed by atoms with Crippen molar-refractivity contribution in [2.45, 2.75) is 26.4 Å². The van der Waals surface area contributed by atoms with E-state index in [1.807, 2.05) is 61.3 Å². The molecule has 5 nitrogen and oxygen atoms in total. The van der Waals surface area contributed by atoms with Gasteiger partial charge in [0.1, 0.15) is 0 Å². The van der Waals surface area contributed by atoms with Crippen LogP contribution in [0.25, 0.3) is 10.9 Å². The molecule has 218 valence electrons. The van der Waals surface area contributed by atoms with Crippen molar-refractivity contribution >= 4 is 64.8 Å². The Balaban J connectivity index is 0.00000231. The third-order valence-electron chi connectivity index (χ3n) is 7.66. The number of rotatable bonds is 8. The van der Waals surface area contributed by atoms with E-state index in [1.165, 1.54) is 11.1 Å². The third kappa shape index (κ3) is 7.53. The number of piperazine rings is 1. The molecule has 0 N–H and O–H groups in total. The Hall–Kier alpha value is -2.38. The van der Waals surface area contributed by atoms with Gasteiger partial charge in [-0.25, -0.2) is 0 Å². The summed E-state index contributed by atoms with van der Waals surface area (Å²) in [5.74, 6) is 0.0735. The van der Waals surface area contributed by atoms with E-state index < -0.39 is 0 Å². The Kier molecular flexibility index (Phi) is 12.3. The highest BCUT2D eigenvalue weighted by Gasteiger charge is 2.28. The van der Waals surface area contributed by atoms with Gasteiger partial charge in [0.15, 0.2) is 0 Å². The fraction of sp³-hybridized carbons (Fsp3) is 0.312. The van der Waals surface area contributed by atoms with Crippen molar-refractivity contribution in [3.8, 4) is 0 Å². The number of para-hydroxylation sites is 1. The number of carbonyl (C=O) groups excluding carboxylic acids is 1. The van der Waals surface area contributed by atoms with E-state index in [1.54, 1.807) is 0 Å². The molecule has 1 aliphatic rings. The number of hydrogen-bond acceptors (Lipinski definition) is 4. The molecule has 1 unspecified atom stereocenters. The molecule has 4 aromatic rings. The average Bonchev–Trinajstić information content (AvgIpc) is 2.96. The number of amides is 1. The Bertz CT molecular complexity index is 1430. The maximum atomic E-state index is 12.9. The van der Waals surface area contributed by atoms with Crippen molar-refractivity contribution in [1.82, 2.24) is 19.7 Å². The minimum Gasteiger partial charge on any atom is -0.339 e. The lowest BCUT2D eigenvalue weighted by atomic mass is 9.93. The summed E-state index contributed by atoms with van der Waals surface area (Å²) in [6.07, 6.45) is 1.86. The van der Waals surface area contributed by atoms with Crippen LogP contribution in [0.4, 0.5) is 0 Å². The molecule has 1 saturated heterocycles. The van der Waals surface area contributed by atoms with Crippen molar-refractivity contribution in [1.29, 1.82) is 0 Å². The fourth-order valence-corrected chi connectivity index (χ4v) is 5.98. The maximum Gasteiger partial charge on any atom is 0.253 e. The highest BCUT2D eigenvalue weighted by atomic mass is 35.5. The lowest BCUT2D eigenvalue weighted by Gasteiger charge is -2.40. The van der Waals surface area contributed by atoms with Crippen LogP contribution in [0.2, 0.25) is 10.0 Å². The lowest BCUT2D eigenvalue weighted by Crippen LogP contribution is -2.47. The molecule has 1 aliphatic heterocycles. The molecule has 2 heterocycles. The molecule has 41 heavy (non-hydrogen) atoms. The zero-order chi connectivity index (χ0) is 27.4. The summed E-state index contributed by atoms with van der Waals surface area (Å²) in [7, 11) is 0. The Morgan fingerprint density at radius 1 is 0.902 bits per heavy atom.